The van der Waals surface area contributed by atoms with Gasteiger partial charge in [-0.25, -0.2) is 0 Å². The average molecular weight is 184 g/mol. The molecule has 0 rings (SSSR count). The number of rotatable bonds is 5. The molecule has 0 aromatic heterocycles. The highest BCUT2D eigenvalue weighted by molar-refractivity contribution is 4.92. The Morgan fingerprint density at radius 3 is 2.08 bits per heavy atom. The van der Waals surface area contributed by atoms with E-state index in [9.17, 15) is 5.11 Å². The number of allylic oxidation sites excluding steroid dienone is 1. The second-order valence-corrected chi connectivity index (χ2v) is 4.97. The van der Waals surface area contributed by atoms with Crippen molar-refractivity contribution in [1.82, 2.24) is 0 Å². The normalized spacial score (nSPS) is 17.2. The molecule has 1 nitrogen and oxygen atoms in total. The minimum Gasteiger partial charge on any atom is -0.393 e. The van der Waals surface area contributed by atoms with Gasteiger partial charge in [0.05, 0.1) is 6.10 Å². The number of hydrogen-bond acceptors (Lipinski definition) is 1. The zero-order valence-electron chi connectivity index (χ0n) is 9.67. The highest BCUT2D eigenvalue weighted by atomic mass is 16.3. The van der Waals surface area contributed by atoms with Gasteiger partial charge in [-0.15, -0.1) is 6.58 Å². The van der Waals surface area contributed by atoms with Gasteiger partial charge in [-0.05, 0) is 23.7 Å². The molecule has 0 fully saturated rings. The molecule has 0 aromatic rings. The molecule has 0 spiro atoms. The number of hydrogen-bond donors (Lipinski definition) is 1. The largest absolute Gasteiger partial charge is 0.393 e. The van der Waals surface area contributed by atoms with Crippen LogP contribution in [-0.4, -0.2) is 11.2 Å². The Morgan fingerprint density at radius 2 is 1.77 bits per heavy atom. The Bertz CT molecular complexity index is 159. The third kappa shape index (κ3) is 3.95. The summed E-state index contributed by atoms with van der Waals surface area (Å²) in [7, 11) is 0. The van der Waals surface area contributed by atoms with Crippen LogP contribution in [0.15, 0.2) is 12.7 Å². The second-order valence-electron chi connectivity index (χ2n) is 4.97. The second kappa shape index (κ2) is 4.80. The van der Waals surface area contributed by atoms with E-state index in [-0.39, 0.29) is 11.5 Å². The molecule has 2 atom stereocenters. The van der Waals surface area contributed by atoms with Crippen LogP contribution in [-0.2, 0) is 0 Å². The number of aliphatic hydroxyl groups is 1. The van der Waals surface area contributed by atoms with Crippen LogP contribution in [0.3, 0.4) is 0 Å². The summed E-state index contributed by atoms with van der Waals surface area (Å²) >= 11 is 0. The van der Waals surface area contributed by atoms with E-state index in [2.05, 4.69) is 41.2 Å². The van der Waals surface area contributed by atoms with Gasteiger partial charge in [0.1, 0.15) is 0 Å². The van der Waals surface area contributed by atoms with Crippen molar-refractivity contribution < 1.29 is 5.11 Å². The fraction of sp³-hybridized carbons (Fsp3) is 0.833. The molecule has 0 bridgehead atoms. The molecule has 0 amide bonds. The molecule has 13 heavy (non-hydrogen) atoms. The first-order valence-electron chi connectivity index (χ1n) is 5.13. The number of aliphatic hydroxyl groups excluding tert-OH is 1. The first-order chi connectivity index (χ1) is 5.81. The first-order valence-corrected chi connectivity index (χ1v) is 5.13. The van der Waals surface area contributed by atoms with E-state index in [1.165, 1.54) is 0 Å². The Morgan fingerprint density at radius 1 is 1.31 bits per heavy atom. The van der Waals surface area contributed by atoms with Crippen LogP contribution in [0.25, 0.3) is 0 Å². The topological polar surface area (TPSA) is 20.2 Å². The summed E-state index contributed by atoms with van der Waals surface area (Å²) in [5.74, 6) is 0.825. The lowest BCUT2D eigenvalue weighted by atomic mass is 9.76. The molecule has 78 valence electrons. The van der Waals surface area contributed by atoms with Crippen LogP contribution >= 0.6 is 0 Å². The van der Waals surface area contributed by atoms with Crippen molar-refractivity contribution in [3.8, 4) is 0 Å². The molecule has 0 saturated carbocycles. The van der Waals surface area contributed by atoms with E-state index in [1.54, 1.807) is 0 Å². The van der Waals surface area contributed by atoms with Gasteiger partial charge < -0.3 is 5.11 Å². The summed E-state index contributed by atoms with van der Waals surface area (Å²) in [5.41, 5.74) is 0.121. The molecular weight excluding hydrogens is 160 g/mol. The lowest BCUT2D eigenvalue weighted by molar-refractivity contribution is 0.0808. The third-order valence-electron chi connectivity index (χ3n) is 3.16. The summed E-state index contributed by atoms with van der Waals surface area (Å²) in [6, 6.07) is 0. The van der Waals surface area contributed by atoms with Crippen LogP contribution in [0.4, 0.5) is 0 Å². The SMILES string of the molecule is C=CC(C)(C)[C@@H](C)C[C@H](O)C(C)C. The van der Waals surface area contributed by atoms with Crippen molar-refractivity contribution in [2.24, 2.45) is 17.3 Å². The third-order valence-corrected chi connectivity index (χ3v) is 3.16. The Kier molecular flexibility index (Phi) is 4.69. The zero-order valence-corrected chi connectivity index (χ0v) is 9.67. The highest BCUT2D eigenvalue weighted by Crippen LogP contribution is 2.31. The molecule has 0 aliphatic rings. The van der Waals surface area contributed by atoms with Gasteiger partial charge in [0.15, 0.2) is 0 Å². The van der Waals surface area contributed by atoms with E-state index in [4.69, 9.17) is 0 Å². The van der Waals surface area contributed by atoms with Gasteiger partial charge >= 0.3 is 0 Å². The maximum absolute atomic E-state index is 9.72. The monoisotopic (exact) mass is 184 g/mol. The van der Waals surface area contributed by atoms with Gasteiger partial charge in [0, 0.05) is 0 Å². The predicted octanol–water partition coefficient (Wildman–Crippen LogP) is 3.24. The maximum atomic E-state index is 9.72. The fourth-order valence-corrected chi connectivity index (χ4v) is 1.14. The summed E-state index contributed by atoms with van der Waals surface area (Å²) in [6.45, 7) is 14.4. The van der Waals surface area contributed by atoms with E-state index < -0.39 is 0 Å². The van der Waals surface area contributed by atoms with E-state index >= 15 is 0 Å². The van der Waals surface area contributed by atoms with Crippen molar-refractivity contribution in [3.63, 3.8) is 0 Å². The standard InChI is InChI=1S/C12H24O/c1-7-12(5,6)10(4)8-11(13)9(2)3/h7,9-11,13H,1,8H2,2-6H3/t10-,11-/m0/s1. The molecule has 0 radical (unpaired) electrons. The molecule has 0 aromatic carbocycles. The van der Waals surface area contributed by atoms with Gasteiger partial charge in [-0.2, -0.15) is 0 Å². The van der Waals surface area contributed by atoms with Gasteiger partial charge in [-0.1, -0.05) is 40.7 Å². The summed E-state index contributed by atoms with van der Waals surface area (Å²) in [4.78, 5) is 0. The van der Waals surface area contributed by atoms with Crippen LogP contribution in [0.5, 0.6) is 0 Å². The smallest absolute Gasteiger partial charge is 0.0566 e. The van der Waals surface area contributed by atoms with Crippen LogP contribution in [0.1, 0.15) is 41.0 Å². The molecule has 0 unspecified atom stereocenters. The highest BCUT2D eigenvalue weighted by Gasteiger charge is 2.25. The lowest BCUT2D eigenvalue weighted by Crippen LogP contribution is -2.26. The Balaban J connectivity index is 4.14. The van der Waals surface area contributed by atoms with E-state index in [0.717, 1.165) is 6.42 Å². The van der Waals surface area contributed by atoms with Crippen molar-refractivity contribution in [2.45, 2.75) is 47.1 Å². The van der Waals surface area contributed by atoms with Gasteiger partial charge in [0.2, 0.25) is 0 Å². The quantitative estimate of drug-likeness (QED) is 0.650. The molecule has 0 aliphatic heterocycles. The molecule has 0 heterocycles. The van der Waals surface area contributed by atoms with Crippen LogP contribution in [0, 0.1) is 17.3 Å². The van der Waals surface area contributed by atoms with Gasteiger partial charge in [0.25, 0.3) is 0 Å². The first kappa shape index (κ1) is 12.7. The maximum Gasteiger partial charge on any atom is 0.0566 e. The van der Waals surface area contributed by atoms with Crippen molar-refractivity contribution >= 4 is 0 Å². The summed E-state index contributed by atoms with van der Waals surface area (Å²) in [6.07, 6.45) is 2.65. The summed E-state index contributed by atoms with van der Waals surface area (Å²) in [5, 5.41) is 9.72. The van der Waals surface area contributed by atoms with Crippen LogP contribution in [0.2, 0.25) is 0 Å². The van der Waals surface area contributed by atoms with Crippen LogP contribution < -0.4 is 0 Å². The Hall–Kier alpha value is -0.300. The van der Waals surface area contributed by atoms with E-state index in [1.807, 2.05) is 6.08 Å². The Labute approximate surface area is 82.9 Å². The minimum absolute atomic E-state index is 0.121. The van der Waals surface area contributed by atoms with Crippen molar-refractivity contribution in [1.29, 1.82) is 0 Å². The van der Waals surface area contributed by atoms with Gasteiger partial charge in [-0.3, -0.25) is 0 Å². The van der Waals surface area contributed by atoms with Crippen molar-refractivity contribution in [2.75, 3.05) is 0 Å². The molecular formula is C12H24O. The van der Waals surface area contributed by atoms with Crippen molar-refractivity contribution in [3.05, 3.63) is 12.7 Å². The molecule has 0 aliphatic carbocycles. The lowest BCUT2D eigenvalue weighted by Gasteiger charge is -2.31. The zero-order chi connectivity index (χ0) is 10.6. The molecule has 0 saturated heterocycles. The van der Waals surface area contributed by atoms with E-state index in [0.29, 0.717) is 11.8 Å². The fourth-order valence-electron chi connectivity index (χ4n) is 1.14. The predicted molar refractivity (Wildman–Crippen MR) is 58.6 cm³/mol. The molecule has 1 heteroatoms. The minimum atomic E-state index is -0.186. The average Bonchev–Trinajstić information content (AvgIpc) is 2.04. The molecule has 1 N–H and O–H groups in total. The summed E-state index contributed by atoms with van der Waals surface area (Å²) < 4.78 is 0.